The summed E-state index contributed by atoms with van der Waals surface area (Å²) in [6.45, 7) is 3.45. The van der Waals surface area contributed by atoms with Crippen LogP contribution in [0.15, 0.2) is 0 Å². The molecule has 0 spiro atoms. The molecular weight excluding hydrogens is 202 g/mol. The van der Waals surface area contributed by atoms with Gasteiger partial charge in [-0.15, -0.1) is 0 Å². The highest BCUT2D eigenvalue weighted by atomic mass is 32.2. The number of carbonyl (C=O) groups excluding carboxylic acids is 1. The van der Waals surface area contributed by atoms with Gasteiger partial charge >= 0.3 is 5.97 Å². The van der Waals surface area contributed by atoms with Crippen molar-refractivity contribution in [3.63, 3.8) is 0 Å². The van der Waals surface area contributed by atoms with Crippen LogP contribution in [-0.4, -0.2) is 28.3 Å². The summed E-state index contributed by atoms with van der Waals surface area (Å²) in [6.07, 6.45) is 0.539. The van der Waals surface area contributed by atoms with Crippen molar-refractivity contribution in [1.29, 1.82) is 5.26 Å². The normalized spacial score (nSPS) is 16.4. The molecule has 0 saturated carbocycles. The summed E-state index contributed by atoms with van der Waals surface area (Å²) in [5.41, 5.74) is 0. The van der Waals surface area contributed by atoms with Gasteiger partial charge in [-0.3, -0.25) is 9.00 Å². The fraction of sp³-hybridized carbons (Fsp3) is 0.778. The first-order valence-electron chi connectivity index (χ1n) is 4.41. The smallest absolute Gasteiger partial charge is 0.309 e. The summed E-state index contributed by atoms with van der Waals surface area (Å²) in [7, 11) is 0.0229. The van der Waals surface area contributed by atoms with Crippen LogP contribution in [0.5, 0.6) is 0 Å². The summed E-state index contributed by atoms with van der Waals surface area (Å²) < 4.78 is 16.0. The van der Waals surface area contributed by atoms with Gasteiger partial charge in [-0.05, 0) is 6.42 Å². The van der Waals surface area contributed by atoms with Gasteiger partial charge in [-0.25, -0.2) is 0 Å². The fourth-order valence-corrected chi connectivity index (χ4v) is 2.32. The first-order valence-corrected chi connectivity index (χ1v) is 5.79. The van der Waals surface area contributed by atoms with E-state index in [1.54, 1.807) is 13.8 Å². The summed E-state index contributed by atoms with van der Waals surface area (Å²) in [5, 5.41) is 8.16. The van der Waals surface area contributed by atoms with Crippen LogP contribution in [0.3, 0.4) is 0 Å². The van der Waals surface area contributed by atoms with Gasteiger partial charge in [0.1, 0.15) is 5.25 Å². The molecule has 0 aliphatic heterocycles. The highest BCUT2D eigenvalue weighted by Crippen LogP contribution is 2.07. The van der Waals surface area contributed by atoms with Gasteiger partial charge < -0.3 is 4.74 Å². The Balaban J connectivity index is 4.19. The lowest BCUT2D eigenvalue weighted by Gasteiger charge is -2.10. The zero-order valence-corrected chi connectivity index (χ0v) is 9.47. The Morgan fingerprint density at radius 3 is 2.57 bits per heavy atom. The van der Waals surface area contributed by atoms with E-state index in [9.17, 15) is 9.00 Å². The van der Waals surface area contributed by atoms with E-state index in [0.717, 1.165) is 0 Å². The van der Waals surface area contributed by atoms with E-state index >= 15 is 0 Å². The van der Waals surface area contributed by atoms with Crippen molar-refractivity contribution in [2.24, 2.45) is 5.92 Å². The predicted octanol–water partition coefficient (Wildman–Crippen LogP) is 0.846. The first-order chi connectivity index (χ1) is 6.56. The van der Waals surface area contributed by atoms with Crippen molar-refractivity contribution in [2.45, 2.75) is 25.5 Å². The van der Waals surface area contributed by atoms with Crippen LogP contribution in [0, 0.1) is 17.2 Å². The van der Waals surface area contributed by atoms with E-state index in [4.69, 9.17) is 5.26 Å². The number of hydrogen-bond acceptors (Lipinski definition) is 4. The first kappa shape index (κ1) is 13.1. The molecule has 0 heterocycles. The number of esters is 1. The van der Waals surface area contributed by atoms with Gasteiger partial charge in [0.25, 0.3) is 0 Å². The van der Waals surface area contributed by atoms with E-state index in [2.05, 4.69) is 4.74 Å². The molecule has 0 N–H and O–H groups in total. The standard InChI is InChI=1S/C9H15NO3S/c1-4-8(5-10)14(12)6-7(2)9(11)13-3/h7-8H,4,6H2,1-3H3. The molecule has 3 unspecified atom stereocenters. The highest BCUT2D eigenvalue weighted by molar-refractivity contribution is 7.85. The molecule has 0 amide bonds. The Bertz CT molecular complexity index is 259. The van der Waals surface area contributed by atoms with Gasteiger partial charge in [-0.2, -0.15) is 5.26 Å². The molecular formula is C9H15NO3S. The lowest BCUT2D eigenvalue weighted by Crippen LogP contribution is -2.24. The van der Waals surface area contributed by atoms with E-state index in [-0.39, 0.29) is 11.7 Å². The number of nitriles is 1. The number of hydrogen-bond donors (Lipinski definition) is 0. The lowest BCUT2D eigenvalue weighted by molar-refractivity contribution is -0.144. The van der Waals surface area contributed by atoms with Crippen LogP contribution in [0.2, 0.25) is 0 Å². The van der Waals surface area contributed by atoms with Crippen LogP contribution >= 0.6 is 0 Å². The maximum Gasteiger partial charge on any atom is 0.309 e. The second kappa shape index (κ2) is 6.55. The molecule has 0 rings (SSSR count). The zero-order chi connectivity index (χ0) is 11.1. The quantitative estimate of drug-likeness (QED) is 0.640. The van der Waals surface area contributed by atoms with Crippen LogP contribution in [-0.2, 0) is 20.3 Å². The van der Waals surface area contributed by atoms with Gasteiger partial charge in [-0.1, -0.05) is 13.8 Å². The third-order valence-corrected chi connectivity index (χ3v) is 3.75. The van der Waals surface area contributed by atoms with Gasteiger partial charge in [0, 0.05) is 16.6 Å². The third kappa shape index (κ3) is 3.88. The minimum Gasteiger partial charge on any atom is -0.469 e. The van der Waals surface area contributed by atoms with Crippen molar-refractivity contribution in [2.75, 3.05) is 12.9 Å². The second-order valence-corrected chi connectivity index (χ2v) is 4.66. The molecule has 0 bridgehead atoms. The van der Waals surface area contributed by atoms with Gasteiger partial charge in [0.2, 0.25) is 0 Å². The van der Waals surface area contributed by atoms with Crippen LogP contribution in [0.1, 0.15) is 20.3 Å². The molecule has 80 valence electrons. The number of methoxy groups -OCH3 is 1. The van der Waals surface area contributed by atoms with Crippen LogP contribution in [0.25, 0.3) is 0 Å². The van der Waals surface area contributed by atoms with Gasteiger partial charge in [0.15, 0.2) is 0 Å². The van der Waals surface area contributed by atoms with Gasteiger partial charge in [0.05, 0.1) is 19.1 Å². The number of ether oxygens (including phenoxy) is 1. The largest absolute Gasteiger partial charge is 0.469 e. The Hall–Kier alpha value is -0.890. The fourth-order valence-electron chi connectivity index (χ4n) is 0.968. The SMILES string of the molecule is CCC(C#N)S(=O)CC(C)C(=O)OC. The highest BCUT2D eigenvalue weighted by Gasteiger charge is 2.21. The van der Waals surface area contributed by atoms with Crippen molar-refractivity contribution in [3.8, 4) is 6.07 Å². The Morgan fingerprint density at radius 1 is 1.64 bits per heavy atom. The van der Waals surface area contributed by atoms with Crippen molar-refractivity contribution in [3.05, 3.63) is 0 Å². The van der Waals surface area contributed by atoms with Crippen molar-refractivity contribution < 1.29 is 13.7 Å². The maximum atomic E-state index is 11.5. The second-order valence-electron chi connectivity index (χ2n) is 3.00. The molecule has 5 heteroatoms. The number of nitrogens with zero attached hydrogens (tertiary/aromatic N) is 1. The molecule has 0 aromatic carbocycles. The Kier molecular flexibility index (Phi) is 6.13. The molecule has 0 saturated heterocycles. The molecule has 0 fully saturated rings. The third-order valence-electron chi connectivity index (χ3n) is 1.85. The Labute approximate surface area is 86.7 Å². The molecule has 0 aromatic rings. The monoisotopic (exact) mass is 217 g/mol. The lowest BCUT2D eigenvalue weighted by atomic mass is 10.2. The molecule has 14 heavy (non-hydrogen) atoms. The van der Waals surface area contributed by atoms with Crippen LogP contribution < -0.4 is 0 Å². The zero-order valence-electron chi connectivity index (χ0n) is 8.65. The topological polar surface area (TPSA) is 67.2 Å². The molecule has 0 radical (unpaired) electrons. The van der Waals surface area contributed by atoms with E-state index < -0.39 is 22.0 Å². The van der Waals surface area contributed by atoms with Crippen molar-refractivity contribution >= 4 is 16.8 Å². The molecule has 0 aromatic heterocycles. The molecule has 3 atom stereocenters. The summed E-state index contributed by atoms with van der Waals surface area (Å²) in [6, 6.07) is 1.96. The minimum atomic E-state index is -1.27. The average Bonchev–Trinajstić information content (AvgIpc) is 2.18. The number of rotatable bonds is 5. The maximum absolute atomic E-state index is 11.5. The molecule has 0 aliphatic carbocycles. The van der Waals surface area contributed by atoms with E-state index in [1.165, 1.54) is 7.11 Å². The van der Waals surface area contributed by atoms with E-state index in [0.29, 0.717) is 6.42 Å². The summed E-state index contributed by atoms with van der Waals surface area (Å²) >= 11 is 0. The molecule has 4 nitrogen and oxygen atoms in total. The predicted molar refractivity (Wildman–Crippen MR) is 53.9 cm³/mol. The van der Waals surface area contributed by atoms with Crippen molar-refractivity contribution in [1.82, 2.24) is 0 Å². The van der Waals surface area contributed by atoms with Crippen LogP contribution in [0.4, 0.5) is 0 Å². The molecule has 0 aliphatic rings. The average molecular weight is 217 g/mol. The summed E-state index contributed by atoms with van der Waals surface area (Å²) in [4.78, 5) is 11.0. The van der Waals surface area contributed by atoms with E-state index in [1.807, 2.05) is 6.07 Å². The summed E-state index contributed by atoms with van der Waals surface area (Å²) in [5.74, 6) is -0.604. The minimum absolute atomic E-state index is 0.193. The Morgan fingerprint density at radius 2 is 2.21 bits per heavy atom. The number of carbonyl (C=O) groups is 1.